The summed E-state index contributed by atoms with van der Waals surface area (Å²) in [7, 11) is 0. The Kier molecular flexibility index (Phi) is 4.27. The van der Waals surface area contributed by atoms with E-state index >= 15 is 0 Å². The summed E-state index contributed by atoms with van der Waals surface area (Å²) < 4.78 is 5.35. The minimum Gasteiger partial charge on any atom is -0.444 e. The third kappa shape index (κ3) is 3.06. The van der Waals surface area contributed by atoms with E-state index in [1.165, 1.54) is 0 Å². The molecular formula is C12H17N3O2. The Morgan fingerprint density at radius 3 is 2.82 bits per heavy atom. The van der Waals surface area contributed by atoms with Gasteiger partial charge in [0.2, 0.25) is 11.8 Å². The van der Waals surface area contributed by atoms with Gasteiger partial charge in [-0.3, -0.25) is 4.79 Å². The van der Waals surface area contributed by atoms with E-state index in [1.807, 2.05) is 19.9 Å². The number of amides is 1. The monoisotopic (exact) mass is 235 g/mol. The average molecular weight is 235 g/mol. The van der Waals surface area contributed by atoms with Gasteiger partial charge in [0, 0.05) is 6.42 Å². The number of carbonyl (C=O) groups excluding carboxylic acids is 1. The standard InChI is InChI=1S/C12H17N3O2/c1-4-9-6-14-10(17-9)7-15-11(16)12(3,5-2)8-13/h6H,4-5,7H2,1-3H3,(H,15,16). The number of nitrogens with zero attached hydrogens (tertiary/aromatic N) is 2. The number of rotatable bonds is 5. The van der Waals surface area contributed by atoms with E-state index in [0.717, 1.165) is 12.2 Å². The highest BCUT2D eigenvalue weighted by molar-refractivity contribution is 5.84. The summed E-state index contributed by atoms with van der Waals surface area (Å²) in [6, 6.07) is 2.02. The van der Waals surface area contributed by atoms with Crippen molar-refractivity contribution < 1.29 is 9.21 Å². The van der Waals surface area contributed by atoms with Crippen molar-refractivity contribution in [3.63, 3.8) is 0 Å². The van der Waals surface area contributed by atoms with Crippen LogP contribution in [0.25, 0.3) is 0 Å². The minimum atomic E-state index is -0.986. The summed E-state index contributed by atoms with van der Waals surface area (Å²) in [6.45, 7) is 5.61. The molecule has 1 atom stereocenters. The zero-order valence-electron chi connectivity index (χ0n) is 10.4. The molecule has 0 saturated carbocycles. The fourth-order valence-electron chi connectivity index (χ4n) is 1.23. The highest BCUT2D eigenvalue weighted by Gasteiger charge is 2.31. The molecule has 0 saturated heterocycles. The van der Waals surface area contributed by atoms with Crippen LogP contribution >= 0.6 is 0 Å². The topological polar surface area (TPSA) is 78.9 Å². The molecule has 0 fully saturated rings. The summed E-state index contributed by atoms with van der Waals surface area (Å²) in [5.74, 6) is 0.957. The summed E-state index contributed by atoms with van der Waals surface area (Å²) in [5.41, 5.74) is -0.986. The first-order valence-corrected chi connectivity index (χ1v) is 5.68. The number of carbonyl (C=O) groups is 1. The number of nitrogens with one attached hydrogen (secondary N) is 1. The van der Waals surface area contributed by atoms with Gasteiger partial charge in [0.05, 0.1) is 18.8 Å². The lowest BCUT2D eigenvalue weighted by Crippen LogP contribution is -2.37. The SMILES string of the molecule is CCc1cnc(CNC(=O)C(C)(C#N)CC)o1. The highest BCUT2D eigenvalue weighted by atomic mass is 16.4. The summed E-state index contributed by atoms with van der Waals surface area (Å²) in [4.78, 5) is 15.8. The van der Waals surface area contributed by atoms with Crippen molar-refractivity contribution >= 4 is 5.91 Å². The molecule has 1 N–H and O–H groups in total. The molecule has 1 aromatic heterocycles. The van der Waals surface area contributed by atoms with E-state index in [1.54, 1.807) is 13.1 Å². The van der Waals surface area contributed by atoms with Gasteiger partial charge in [0.1, 0.15) is 11.2 Å². The van der Waals surface area contributed by atoms with Crippen LogP contribution in [0.4, 0.5) is 0 Å². The molecule has 0 aliphatic heterocycles. The van der Waals surface area contributed by atoms with Crippen LogP contribution in [0.15, 0.2) is 10.6 Å². The maximum atomic E-state index is 11.8. The molecule has 17 heavy (non-hydrogen) atoms. The van der Waals surface area contributed by atoms with E-state index in [-0.39, 0.29) is 12.5 Å². The molecule has 0 aliphatic rings. The average Bonchev–Trinajstić information content (AvgIpc) is 2.82. The summed E-state index contributed by atoms with van der Waals surface area (Å²) in [5, 5.41) is 11.6. The zero-order valence-corrected chi connectivity index (χ0v) is 10.4. The molecule has 5 heteroatoms. The van der Waals surface area contributed by atoms with Crippen LogP contribution in [-0.2, 0) is 17.8 Å². The van der Waals surface area contributed by atoms with Crippen LogP contribution in [0.1, 0.15) is 38.8 Å². The van der Waals surface area contributed by atoms with E-state index < -0.39 is 5.41 Å². The largest absolute Gasteiger partial charge is 0.444 e. The van der Waals surface area contributed by atoms with Crippen molar-refractivity contribution in [2.75, 3.05) is 0 Å². The van der Waals surface area contributed by atoms with Crippen LogP contribution in [0.5, 0.6) is 0 Å². The van der Waals surface area contributed by atoms with Crippen LogP contribution in [0.2, 0.25) is 0 Å². The Labute approximate surface area is 101 Å². The third-order valence-corrected chi connectivity index (χ3v) is 2.81. The number of nitriles is 1. The van der Waals surface area contributed by atoms with Gasteiger partial charge in [-0.15, -0.1) is 0 Å². The number of aryl methyl sites for hydroxylation is 1. The Morgan fingerprint density at radius 1 is 1.65 bits per heavy atom. The van der Waals surface area contributed by atoms with Crippen LogP contribution in [0.3, 0.4) is 0 Å². The number of hydrogen-bond donors (Lipinski definition) is 1. The van der Waals surface area contributed by atoms with Gasteiger partial charge in [-0.25, -0.2) is 4.98 Å². The maximum absolute atomic E-state index is 11.8. The van der Waals surface area contributed by atoms with Crippen LogP contribution < -0.4 is 5.32 Å². The summed E-state index contributed by atoms with van der Waals surface area (Å²) in [6.07, 6.45) is 2.89. The van der Waals surface area contributed by atoms with Gasteiger partial charge >= 0.3 is 0 Å². The summed E-state index contributed by atoms with van der Waals surface area (Å²) >= 11 is 0. The highest BCUT2D eigenvalue weighted by Crippen LogP contribution is 2.19. The molecule has 1 rings (SSSR count). The van der Waals surface area contributed by atoms with E-state index in [9.17, 15) is 4.79 Å². The number of hydrogen-bond acceptors (Lipinski definition) is 4. The second-order valence-electron chi connectivity index (χ2n) is 4.05. The van der Waals surface area contributed by atoms with Gasteiger partial charge in [-0.05, 0) is 13.3 Å². The van der Waals surface area contributed by atoms with Crippen molar-refractivity contribution in [1.29, 1.82) is 5.26 Å². The predicted octanol–water partition coefficient (Wildman–Crippen LogP) is 1.79. The van der Waals surface area contributed by atoms with Gasteiger partial charge < -0.3 is 9.73 Å². The van der Waals surface area contributed by atoms with Crippen molar-refractivity contribution in [1.82, 2.24) is 10.3 Å². The van der Waals surface area contributed by atoms with Crippen LogP contribution in [-0.4, -0.2) is 10.9 Å². The lowest BCUT2D eigenvalue weighted by atomic mass is 9.88. The molecular weight excluding hydrogens is 218 g/mol. The van der Waals surface area contributed by atoms with E-state index in [2.05, 4.69) is 10.3 Å². The fourth-order valence-corrected chi connectivity index (χ4v) is 1.23. The van der Waals surface area contributed by atoms with Crippen molar-refractivity contribution in [2.24, 2.45) is 5.41 Å². The molecule has 1 unspecified atom stereocenters. The molecule has 92 valence electrons. The first kappa shape index (κ1) is 13.2. The van der Waals surface area contributed by atoms with Crippen molar-refractivity contribution in [2.45, 2.75) is 40.2 Å². The Morgan fingerprint density at radius 2 is 2.35 bits per heavy atom. The Balaban J connectivity index is 2.57. The lowest BCUT2D eigenvalue weighted by Gasteiger charge is -2.17. The lowest BCUT2D eigenvalue weighted by molar-refractivity contribution is -0.127. The molecule has 0 spiro atoms. The molecule has 0 radical (unpaired) electrons. The van der Waals surface area contributed by atoms with Gasteiger partial charge in [0.15, 0.2) is 0 Å². The van der Waals surface area contributed by atoms with Crippen molar-refractivity contribution in [3.05, 3.63) is 17.8 Å². The third-order valence-electron chi connectivity index (χ3n) is 2.81. The van der Waals surface area contributed by atoms with Crippen LogP contribution in [0, 0.1) is 16.7 Å². The van der Waals surface area contributed by atoms with Gasteiger partial charge in [-0.2, -0.15) is 5.26 Å². The quantitative estimate of drug-likeness (QED) is 0.843. The maximum Gasteiger partial charge on any atom is 0.240 e. The minimum absolute atomic E-state index is 0.218. The molecule has 5 nitrogen and oxygen atoms in total. The molecule has 1 amide bonds. The Bertz CT molecular complexity index is 433. The predicted molar refractivity (Wildman–Crippen MR) is 61.7 cm³/mol. The normalized spacial score (nSPS) is 13.8. The molecule has 0 bridgehead atoms. The fraction of sp³-hybridized carbons (Fsp3) is 0.583. The smallest absolute Gasteiger partial charge is 0.240 e. The van der Waals surface area contributed by atoms with Gasteiger partial charge in [-0.1, -0.05) is 13.8 Å². The van der Waals surface area contributed by atoms with E-state index in [4.69, 9.17) is 9.68 Å². The second-order valence-corrected chi connectivity index (χ2v) is 4.05. The molecule has 0 aliphatic carbocycles. The van der Waals surface area contributed by atoms with Crippen molar-refractivity contribution in [3.8, 4) is 6.07 Å². The first-order valence-electron chi connectivity index (χ1n) is 5.68. The number of oxazole rings is 1. The first-order chi connectivity index (χ1) is 8.05. The van der Waals surface area contributed by atoms with Gasteiger partial charge in [0.25, 0.3) is 0 Å². The second kappa shape index (κ2) is 5.48. The molecule has 1 heterocycles. The zero-order chi connectivity index (χ0) is 12.9. The Hall–Kier alpha value is -1.83. The number of aromatic nitrogens is 1. The van der Waals surface area contributed by atoms with E-state index in [0.29, 0.717) is 12.3 Å². The molecule has 1 aromatic rings. The molecule has 0 aromatic carbocycles.